The zero-order valence-corrected chi connectivity index (χ0v) is 10.2. The van der Waals surface area contributed by atoms with Crippen molar-refractivity contribution in [3.63, 3.8) is 0 Å². The SMILES string of the molecule is CCNC(c1cnccn1)c1scnc1C. The van der Waals surface area contributed by atoms with Gasteiger partial charge in [0.15, 0.2) is 0 Å². The Hall–Kier alpha value is -1.33. The van der Waals surface area contributed by atoms with E-state index in [1.54, 1.807) is 29.9 Å². The molecule has 0 aliphatic carbocycles. The third-order valence-corrected chi connectivity index (χ3v) is 3.33. The van der Waals surface area contributed by atoms with E-state index >= 15 is 0 Å². The molecule has 4 nitrogen and oxygen atoms in total. The summed E-state index contributed by atoms with van der Waals surface area (Å²) in [5.74, 6) is 0. The molecule has 1 N–H and O–H groups in total. The molecule has 0 aliphatic rings. The lowest BCUT2D eigenvalue weighted by atomic mass is 10.1. The largest absolute Gasteiger partial charge is 0.304 e. The van der Waals surface area contributed by atoms with Gasteiger partial charge in [0.1, 0.15) is 0 Å². The molecule has 5 heteroatoms. The van der Waals surface area contributed by atoms with Crippen molar-refractivity contribution in [1.29, 1.82) is 0 Å². The van der Waals surface area contributed by atoms with Crippen LogP contribution in [-0.4, -0.2) is 21.5 Å². The van der Waals surface area contributed by atoms with Gasteiger partial charge in [-0.1, -0.05) is 6.92 Å². The second-order valence-corrected chi connectivity index (χ2v) is 4.31. The van der Waals surface area contributed by atoms with Crippen LogP contribution < -0.4 is 5.32 Å². The number of hydrogen-bond donors (Lipinski definition) is 1. The molecular formula is C11H14N4S. The topological polar surface area (TPSA) is 50.7 Å². The Morgan fingerprint density at radius 3 is 2.81 bits per heavy atom. The molecule has 0 fully saturated rings. The molecule has 1 unspecified atom stereocenters. The number of aromatic nitrogens is 3. The molecule has 16 heavy (non-hydrogen) atoms. The summed E-state index contributed by atoms with van der Waals surface area (Å²) in [5.41, 5.74) is 3.86. The molecule has 1 atom stereocenters. The summed E-state index contributed by atoms with van der Waals surface area (Å²) in [6, 6.07) is 0.103. The quantitative estimate of drug-likeness (QED) is 0.878. The zero-order chi connectivity index (χ0) is 11.4. The molecule has 0 saturated carbocycles. The summed E-state index contributed by atoms with van der Waals surface area (Å²) >= 11 is 1.65. The number of hydrogen-bond acceptors (Lipinski definition) is 5. The molecule has 0 amide bonds. The maximum absolute atomic E-state index is 4.35. The maximum Gasteiger partial charge on any atom is 0.0879 e. The van der Waals surface area contributed by atoms with Crippen molar-refractivity contribution in [3.8, 4) is 0 Å². The first kappa shape index (κ1) is 11.2. The van der Waals surface area contributed by atoms with Gasteiger partial charge < -0.3 is 5.32 Å². The van der Waals surface area contributed by atoms with E-state index in [9.17, 15) is 0 Å². The second-order valence-electron chi connectivity index (χ2n) is 3.42. The number of nitrogens with zero attached hydrogens (tertiary/aromatic N) is 3. The van der Waals surface area contributed by atoms with Gasteiger partial charge in [-0.2, -0.15) is 0 Å². The van der Waals surface area contributed by atoms with Crippen LogP contribution in [0.5, 0.6) is 0 Å². The van der Waals surface area contributed by atoms with Crippen LogP contribution in [0.4, 0.5) is 0 Å². The van der Waals surface area contributed by atoms with Gasteiger partial charge >= 0.3 is 0 Å². The average Bonchev–Trinajstić information content (AvgIpc) is 2.73. The highest BCUT2D eigenvalue weighted by Crippen LogP contribution is 2.25. The molecule has 2 heterocycles. The van der Waals surface area contributed by atoms with Crippen LogP contribution >= 0.6 is 11.3 Å². The lowest BCUT2D eigenvalue weighted by Gasteiger charge is -2.15. The summed E-state index contributed by atoms with van der Waals surface area (Å²) in [7, 11) is 0. The van der Waals surface area contributed by atoms with E-state index in [1.165, 1.54) is 4.88 Å². The van der Waals surface area contributed by atoms with Crippen molar-refractivity contribution in [3.05, 3.63) is 40.4 Å². The fraction of sp³-hybridized carbons (Fsp3) is 0.364. The predicted molar refractivity (Wildman–Crippen MR) is 64.4 cm³/mol. The van der Waals surface area contributed by atoms with Gasteiger partial charge in [-0.3, -0.25) is 9.97 Å². The predicted octanol–water partition coefficient (Wildman–Crippen LogP) is 1.94. The molecule has 0 aliphatic heterocycles. The Morgan fingerprint density at radius 2 is 2.25 bits per heavy atom. The Labute approximate surface area is 98.8 Å². The molecule has 2 aromatic heterocycles. The van der Waals surface area contributed by atoms with E-state index in [-0.39, 0.29) is 6.04 Å². The maximum atomic E-state index is 4.35. The molecule has 0 radical (unpaired) electrons. The van der Waals surface area contributed by atoms with Gasteiger partial charge in [0.2, 0.25) is 0 Å². The summed E-state index contributed by atoms with van der Waals surface area (Å²) in [5, 5.41) is 3.41. The first-order valence-corrected chi connectivity index (χ1v) is 6.10. The van der Waals surface area contributed by atoms with Gasteiger partial charge in [0.25, 0.3) is 0 Å². The highest BCUT2D eigenvalue weighted by molar-refractivity contribution is 7.09. The normalized spacial score (nSPS) is 12.6. The third-order valence-electron chi connectivity index (χ3n) is 2.33. The van der Waals surface area contributed by atoms with Crippen molar-refractivity contribution in [1.82, 2.24) is 20.3 Å². The van der Waals surface area contributed by atoms with Gasteiger partial charge in [-0.25, -0.2) is 4.98 Å². The Balaban J connectivity index is 2.35. The Morgan fingerprint density at radius 1 is 1.38 bits per heavy atom. The fourth-order valence-corrected chi connectivity index (χ4v) is 2.47. The Kier molecular flexibility index (Phi) is 3.58. The van der Waals surface area contributed by atoms with Crippen LogP contribution in [0.2, 0.25) is 0 Å². The van der Waals surface area contributed by atoms with E-state index in [4.69, 9.17) is 0 Å². The fourth-order valence-electron chi connectivity index (χ4n) is 1.58. The van der Waals surface area contributed by atoms with E-state index in [0.29, 0.717) is 0 Å². The van der Waals surface area contributed by atoms with Crippen molar-refractivity contribution < 1.29 is 0 Å². The smallest absolute Gasteiger partial charge is 0.0879 e. The number of thiazole rings is 1. The first-order chi connectivity index (χ1) is 7.83. The van der Waals surface area contributed by atoms with Gasteiger partial charge in [-0.15, -0.1) is 11.3 Å². The Bertz CT molecular complexity index is 440. The summed E-state index contributed by atoms with van der Waals surface area (Å²) in [4.78, 5) is 13.9. The second kappa shape index (κ2) is 5.14. The summed E-state index contributed by atoms with van der Waals surface area (Å²) in [6.07, 6.45) is 5.20. The van der Waals surface area contributed by atoms with Crippen molar-refractivity contribution in [2.45, 2.75) is 19.9 Å². The number of aryl methyl sites for hydroxylation is 1. The lowest BCUT2D eigenvalue weighted by Crippen LogP contribution is -2.22. The van der Waals surface area contributed by atoms with Gasteiger partial charge in [0, 0.05) is 12.4 Å². The van der Waals surface area contributed by atoms with E-state index in [0.717, 1.165) is 17.9 Å². The lowest BCUT2D eigenvalue weighted by molar-refractivity contribution is 0.617. The van der Waals surface area contributed by atoms with Gasteiger partial charge in [0.05, 0.1) is 34.0 Å². The molecule has 0 saturated heterocycles. The first-order valence-electron chi connectivity index (χ1n) is 5.22. The highest BCUT2D eigenvalue weighted by Gasteiger charge is 2.18. The minimum absolute atomic E-state index is 0.103. The zero-order valence-electron chi connectivity index (χ0n) is 9.34. The standard InChI is InChI=1S/C11H14N4S/c1-3-13-10(9-6-12-4-5-14-9)11-8(2)15-7-16-11/h4-7,10,13H,3H2,1-2H3. The minimum atomic E-state index is 0.103. The van der Waals surface area contributed by atoms with Crippen LogP contribution in [0.15, 0.2) is 24.1 Å². The van der Waals surface area contributed by atoms with Crippen LogP contribution in [0, 0.1) is 6.92 Å². The molecule has 0 bridgehead atoms. The molecule has 84 valence electrons. The van der Waals surface area contributed by atoms with Crippen LogP contribution in [0.1, 0.15) is 29.2 Å². The third kappa shape index (κ3) is 2.25. The average molecular weight is 234 g/mol. The van der Waals surface area contributed by atoms with Crippen molar-refractivity contribution in [2.75, 3.05) is 6.54 Å². The molecular weight excluding hydrogens is 220 g/mol. The molecule has 0 aromatic carbocycles. The number of rotatable bonds is 4. The minimum Gasteiger partial charge on any atom is -0.304 e. The summed E-state index contributed by atoms with van der Waals surface area (Å²) < 4.78 is 0. The van der Waals surface area contributed by atoms with Crippen LogP contribution in [-0.2, 0) is 0 Å². The number of nitrogens with one attached hydrogen (secondary N) is 1. The van der Waals surface area contributed by atoms with Crippen molar-refractivity contribution >= 4 is 11.3 Å². The van der Waals surface area contributed by atoms with E-state index < -0.39 is 0 Å². The van der Waals surface area contributed by atoms with Crippen LogP contribution in [0.3, 0.4) is 0 Å². The monoisotopic (exact) mass is 234 g/mol. The highest BCUT2D eigenvalue weighted by atomic mass is 32.1. The molecule has 2 rings (SSSR count). The van der Waals surface area contributed by atoms with Gasteiger partial charge in [-0.05, 0) is 13.5 Å². The van der Waals surface area contributed by atoms with E-state index in [2.05, 4.69) is 27.2 Å². The van der Waals surface area contributed by atoms with Crippen molar-refractivity contribution in [2.24, 2.45) is 0 Å². The van der Waals surface area contributed by atoms with Crippen LogP contribution in [0.25, 0.3) is 0 Å². The molecule has 2 aromatic rings. The molecule has 0 spiro atoms. The van der Waals surface area contributed by atoms with E-state index in [1.807, 2.05) is 12.4 Å². The summed E-state index contributed by atoms with van der Waals surface area (Å²) in [6.45, 7) is 4.99.